The maximum Gasteiger partial charge on any atom is 0.339 e. The summed E-state index contributed by atoms with van der Waals surface area (Å²) < 4.78 is 5.37. The number of carboxylic acids is 1. The Bertz CT molecular complexity index is 496. The molecule has 0 spiro atoms. The second kappa shape index (κ2) is 6.11. The van der Waals surface area contributed by atoms with Gasteiger partial charge in [-0.05, 0) is 24.8 Å². The lowest BCUT2D eigenvalue weighted by atomic mass is 9.90. The molecule has 0 aliphatic carbocycles. The van der Waals surface area contributed by atoms with Crippen molar-refractivity contribution in [2.75, 3.05) is 7.05 Å². The third-order valence-electron chi connectivity index (χ3n) is 3.11. The van der Waals surface area contributed by atoms with Crippen molar-refractivity contribution in [3.63, 3.8) is 0 Å². The first-order valence-corrected chi connectivity index (χ1v) is 6.67. The van der Waals surface area contributed by atoms with Gasteiger partial charge in [-0.3, -0.25) is 4.79 Å². The van der Waals surface area contributed by atoms with Crippen molar-refractivity contribution in [1.29, 1.82) is 0 Å². The second-order valence-corrected chi connectivity index (χ2v) is 6.30. The largest absolute Gasteiger partial charge is 0.478 e. The van der Waals surface area contributed by atoms with E-state index < -0.39 is 5.97 Å². The smallest absolute Gasteiger partial charge is 0.339 e. The van der Waals surface area contributed by atoms with E-state index in [9.17, 15) is 9.59 Å². The molecule has 0 fully saturated rings. The molecule has 1 N–H and O–H groups in total. The van der Waals surface area contributed by atoms with Crippen LogP contribution in [0.25, 0.3) is 0 Å². The van der Waals surface area contributed by atoms with E-state index in [1.165, 1.54) is 6.07 Å². The van der Waals surface area contributed by atoms with E-state index in [4.69, 9.17) is 9.52 Å². The highest BCUT2D eigenvalue weighted by atomic mass is 16.4. The molecule has 0 aliphatic heterocycles. The van der Waals surface area contributed by atoms with E-state index in [-0.39, 0.29) is 23.4 Å². The van der Waals surface area contributed by atoms with Crippen molar-refractivity contribution in [3.05, 3.63) is 23.2 Å². The van der Waals surface area contributed by atoms with Crippen LogP contribution in [0.3, 0.4) is 0 Å². The average Bonchev–Trinajstić information content (AvgIpc) is 2.66. The molecule has 0 aromatic carbocycles. The number of carbonyl (C=O) groups is 2. The lowest BCUT2D eigenvalue weighted by molar-refractivity contribution is -0.131. The van der Waals surface area contributed by atoms with Crippen LogP contribution in [0.5, 0.6) is 0 Å². The first-order chi connectivity index (χ1) is 9.10. The zero-order valence-electron chi connectivity index (χ0n) is 12.8. The lowest BCUT2D eigenvalue weighted by Gasteiger charge is -2.20. The summed E-state index contributed by atoms with van der Waals surface area (Å²) in [6.07, 6.45) is 1.29. The summed E-state index contributed by atoms with van der Waals surface area (Å²) in [7, 11) is 1.70. The first kappa shape index (κ1) is 16.3. The predicted octanol–water partition coefficient (Wildman–Crippen LogP) is 3.07. The Balaban J connectivity index is 2.62. The molecular weight excluding hydrogens is 258 g/mol. The van der Waals surface area contributed by atoms with Crippen LogP contribution in [0.15, 0.2) is 10.5 Å². The molecule has 0 atom stereocenters. The third kappa shape index (κ3) is 4.72. The number of aromatic carboxylic acids is 1. The van der Waals surface area contributed by atoms with Gasteiger partial charge in [-0.25, -0.2) is 4.79 Å². The molecule has 5 nitrogen and oxygen atoms in total. The van der Waals surface area contributed by atoms with Crippen molar-refractivity contribution in [2.24, 2.45) is 5.41 Å². The van der Waals surface area contributed by atoms with Gasteiger partial charge in [0.1, 0.15) is 17.1 Å². The van der Waals surface area contributed by atoms with Crippen molar-refractivity contribution in [1.82, 2.24) is 4.90 Å². The molecule has 0 radical (unpaired) electrons. The molecular formula is C15H23NO4. The maximum absolute atomic E-state index is 12.0. The Morgan fingerprint density at radius 3 is 2.40 bits per heavy atom. The number of carboxylic acid groups (broad SMARTS) is 1. The van der Waals surface area contributed by atoms with Crippen LogP contribution in [0.2, 0.25) is 0 Å². The van der Waals surface area contributed by atoms with Gasteiger partial charge >= 0.3 is 5.97 Å². The highest BCUT2D eigenvalue weighted by Crippen LogP contribution is 2.21. The number of furan rings is 1. The number of hydrogen-bond acceptors (Lipinski definition) is 3. The molecule has 1 heterocycles. The number of rotatable bonds is 5. The number of aryl methyl sites for hydroxylation is 1. The van der Waals surface area contributed by atoms with Gasteiger partial charge in [-0.15, -0.1) is 0 Å². The summed E-state index contributed by atoms with van der Waals surface area (Å²) in [5, 5.41) is 8.96. The summed E-state index contributed by atoms with van der Waals surface area (Å²) in [6.45, 7) is 8.17. The quantitative estimate of drug-likeness (QED) is 0.900. The number of nitrogens with zero attached hydrogens (tertiary/aromatic N) is 1. The fraction of sp³-hybridized carbons (Fsp3) is 0.600. The van der Waals surface area contributed by atoms with Crippen LogP contribution >= 0.6 is 0 Å². The molecule has 1 aromatic rings. The van der Waals surface area contributed by atoms with E-state index in [1.54, 1.807) is 18.9 Å². The van der Waals surface area contributed by atoms with Gasteiger partial charge in [0.25, 0.3) is 0 Å². The van der Waals surface area contributed by atoms with Crippen molar-refractivity contribution < 1.29 is 19.1 Å². The molecule has 0 aliphatic rings. The minimum absolute atomic E-state index is 0.0332. The van der Waals surface area contributed by atoms with Gasteiger partial charge in [0.05, 0.1) is 6.54 Å². The normalized spacial score (nSPS) is 11.4. The van der Waals surface area contributed by atoms with Crippen LogP contribution in [-0.2, 0) is 11.3 Å². The Labute approximate surface area is 119 Å². The summed E-state index contributed by atoms with van der Waals surface area (Å²) in [5.41, 5.74) is 0.268. The summed E-state index contributed by atoms with van der Waals surface area (Å²) in [4.78, 5) is 24.5. The van der Waals surface area contributed by atoms with Crippen LogP contribution in [0, 0.1) is 12.3 Å². The van der Waals surface area contributed by atoms with Crippen LogP contribution in [-0.4, -0.2) is 28.9 Å². The zero-order chi connectivity index (χ0) is 15.5. The zero-order valence-corrected chi connectivity index (χ0v) is 12.8. The van der Waals surface area contributed by atoms with Gasteiger partial charge in [0, 0.05) is 13.5 Å². The Kier molecular flexibility index (Phi) is 4.98. The van der Waals surface area contributed by atoms with Gasteiger partial charge in [-0.1, -0.05) is 20.8 Å². The van der Waals surface area contributed by atoms with E-state index >= 15 is 0 Å². The van der Waals surface area contributed by atoms with E-state index in [1.807, 2.05) is 0 Å². The Morgan fingerprint density at radius 2 is 1.95 bits per heavy atom. The van der Waals surface area contributed by atoms with Gasteiger partial charge in [0.2, 0.25) is 5.91 Å². The standard InChI is InChI=1S/C15H23NO4/c1-10-12(14(18)19)8-11(20-10)9-16(5)13(17)6-7-15(2,3)4/h8H,6-7,9H2,1-5H3,(H,18,19). The number of carbonyl (C=O) groups excluding carboxylic acids is 1. The molecule has 0 bridgehead atoms. The van der Waals surface area contributed by atoms with Crippen molar-refractivity contribution in [3.8, 4) is 0 Å². The first-order valence-electron chi connectivity index (χ1n) is 6.67. The highest BCUT2D eigenvalue weighted by Gasteiger charge is 2.18. The predicted molar refractivity (Wildman–Crippen MR) is 75.6 cm³/mol. The topological polar surface area (TPSA) is 70.8 Å². The summed E-state index contributed by atoms with van der Waals surface area (Å²) in [6, 6.07) is 1.48. The minimum atomic E-state index is -1.01. The Morgan fingerprint density at radius 1 is 1.35 bits per heavy atom. The van der Waals surface area contributed by atoms with E-state index in [2.05, 4.69) is 20.8 Å². The summed E-state index contributed by atoms with van der Waals surface area (Å²) >= 11 is 0. The molecule has 112 valence electrons. The molecule has 0 unspecified atom stereocenters. The molecule has 1 rings (SSSR count). The number of amides is 1. The van der Waals surface area contributed by atoms with Crippen molar-refractivity contribution >= 4 is 11.9 Å². The Hall–Kier alpha value is -1.78. The molecule has 1 amide bonds. The van der Waals surface area contributed by atoms with Crippen LogP contribution in [0.4, 0.5) is 0 Å². The highest BCUT2D eigenvalue weighted by molar-refractivity contribution is 5.88. The molecule has 0 saturated heterocycles. The van der Waals surface area contributed by atoms with Gasteiger partial charge in [-0.2, -0.15) is 0 Å². The maximum atomic E-state index is 12.0. The van der Waals surface area contributed by atoms with E-state index in [0.717, 1.165) is 6.42 Å². The van der Waals surface area contributed by atoms with Gasteiger partial charge in [0.15, 0.2) is 0 Å². The van der Waals surface area contributed by atoms with Crippen LogP contribution in [0.1, 0.15) is 55.5 Å². The minimum Gasteiger partial charge on any atom is -0.478 e. The fourth-order valence-electron chi connectivity index (χ4n) is 1.83. The average molecular weight is 281 g/mol. The van der Waals surface area contributed by atoms with E-state index in [0.29, 0.717) is 17.9 Å². The monoisotopic (exact) mass is 281 g/mol. The van der Waals surface area contributed by atoms with Crippen molar-refractivity contribution in [2.45, 2.75) is 47.1 Å². The van der Waals surface area contributed by atoms with Gasteiger partial charge < -0.3 is 14.4 Å². The molecule has 0 saturated carbocycles. The van der Waals surface area contributed by atoms with Crippen LogP contribution < -0.4 is 0 Å². The SMILES string of the molecule is Cc1oc(CN(C)C(=O)CCC(C)(C)C)cc1C(=O)O. The second-order valence-electron chi connectivity index (χ2n) is 6.30. The third-order valence-corrected chi connectivity index (χ3v) is 3.11. The number of hydrogen-bond donors (Lipinski definition) is 1. The summed E-state index contributed by atoms with van der Waals surface area (Å²) in [5.74, 6) is -0.125. The molecule has 20 heavy (non-hydrogen) atoms. The lowest BCUT2D eigenvalue weighted by Crippen LogP contribution is -2.26. The molecule has 1 aromatic heterocycles. The fourth-order valence-corrected chi connectivity index (χ4v) is 1.83. The molecule has 5 heteroatoms.